The predicted octanol–water partition coefficient (Wildman–Crippen LogP) is 1.45. The molecular weight excluding hydrogens is 290 g/mol. The van der Waals surface area contributed by atoms with Crippen molar-refractivity contribution < 1.29 is 9.90 Å². The van der Waals surface area contributed by atoms with Crippen LogP contribution in [0.4, 0.5) is 0 Å². The summed E-state index contributed by atoms with van der Waals surface area (Å²) in [5.74, 6) is -1.11. The Hall–Kier alpha value is -1.73. The van der Waals surface area contributed by atoms with E-state index in [-0.39, 0.29) is 11.4 Å². The van der Waals surface area contributed by atoms with Crippen molar-refractivity contribution in [2.45, 2.75) is 11.7 Å². The molecule has 2 rings (SSSR count). The van der Waals surface area contributed by atoms with E-state index in [0.29, 0.717) is 16.7 Å². The zero-order valence-corrected chi connectivity index (χ0v) is 11.2. The van der Waals surface area contributed by atoms with E-state index in [1.165, 1.54) is 4.57 Å². The van der Waals surface area contributed by atoms with Gasteiger partial charge in [-0.1, -0.05) is 35.5 Å². The highest BCUT2D eigenvalue weighted by Crippen LogP contribution is 2.15. The first-order valence-electron chi connectivity index (χ1n) is 5.30. The van der Waals surface area contributed by atoms with Crippen LogP contribution in [-0.2, 0) is 11.3 Å². The minimum atomic E-state index is -0.960. The van der Waals surface area contributed by atoms with Gasteiger partial charge in [-0.15, -0.1) is 5.10 Å². The fourth-order valence-corrected chi connectivity index (χ4v) is 2.24. The van der Waals surface area contributed by atoms with E-state index in [9.17, 15) is 9.59 Å². The Kier molecular flexibility index (Phi) is 4.28. The number of halogens is 1. The molecule has 19 heavy (non-hydrogen) atoms. The molecule has 2 aromatic rings. The molecule has 1 aromatic carbocycles. The molecule has 0 bridgehead atoms. The van der Waals surface area contributed by atoms with Crippen molar-refractivity contribution in [3.8, 4) is 0 Å². The molecule has 0 saturated carbocycles. The minimum Gasteiger partial charge on any atom is -0.481 e. The standard InChI is InChI=1S/C11H10ClN3O3S/c12-8-3-1-7(2-4-8)5-15-10(18)13-14-11(15)19-6-9(16)17/h1-4H,5-6H2,(H,13,18)(H,16,17). The molecule has 0 saturated heterocycles. The van der Waals surface area contributed by atoms with Crippen LogP contribution in [0.3, 0.4) is 0 Å². The number of thioether (sulfide) groups is 1. The van der Waals surface area contributed by atoms with Crippen LogP contribution >= 0.6 is 23.4 Å². The molecule has 100 valence electrons. The van der Waals surface area contributed by atoms with Crippen LogP contribution in [0.25, 0.3) is 0 Å². The van der Waals surface area contributed by atoms with Gasteiger partial charge in [-0.3, -0.25) is 9.36 Å². The second-order valence-corrected chi connectivity index (χ2v) is 5.09. The number of aromatic nitrogens is 3. The maximum absolute atomic E-state index is 11.6. The van der Waals surface area contributed by atoms with E-state index in [2.05, 4.69) is 10.2 Å². The molecule has 6 nitrogen and oxygen atoms in total. The van der Waals surface area contributed by atoms with E-state index in [1.54, 1.807) is 24.3 Å². The maximum Gasteiger partial charge on any atom is 0.344 e. The van der Waals surface area contributed by atoms with E-state index < -0.39 is 5.97 Å². The highest BCUT2D eigenvalue weighted by molar-refractivity contribution is 7.99. The lowest BCUT2D eigenvalue weighted by Gasteiger charge is -2.04. The first kappa shape index (κ1) is 13.7. The van der Waals surface area contributed by atoms with Gasteiger partial charge in [-0.2, -0.15) is 0 Å². The van der Waals surface area contributed by atoms with Crippen LogP contribution in [0.5, 0.6) is 0 Å². The van der Waals surface area contributed by atoms with Crippen LogP contribution in [0.15, 0.2) is 34.2 Å². The number of benzene rings is 1. The van der Waals surface area contributed by atoms with Gasteiger partial charge in [0.2, 0.25) is 0 Å². The van der Waals surface area contributed by atoms with Crippen LogP contribution in [0.2, 0.25) is 5.02 Å². The molecule has 0 atom stereocenters. The second kappa shape index (κ2) is 5.94. The van der Waals surface area contributed by atoms with Gasteiger partial charge in [0.1, 0.15) is 0 Å². The highest BCUT2D eigenvalue weighted by Gasteiger charge is 2.11. The Morgan fingerprint density at radius 3 is 2.74 bits per heavy atom. The van der Waals surface area contributed by atoms with Gasteiger partial charge < -0.3 is 5.11 Å². The predicted molar refractivity (Wildman–Crippen MR) is 71.8 cm³/mol. The molecule has 1 heterocycles. The van der Waals surface area contributed by atoms with Crippen LogP contribution in [0, 0.1) is 0 Å². The summed E-state index contributed by atoms with van der Waals surface area (Å²) in [6.07, 6.45) is 0. The van der Waals surface area contributed by atoms with Crippen molar-refractivity contribution in [2.24, 2.45) is 0 Å². The van der Waals surface area contributed by atoms with E-state index >= 15 is 0 Å². The van der Waals surface area contributed by atoms with Crippen molar-refractivity contribution in [1.82, 2.24) is 14.8 Å². The number of hydrogen-bond donors (Lipinski definition) is 2. The number of hydrogen-bond acceptors (Lipinski definition) is 4. The fraction of sp³-hybridized carbons (Fsp3) is 0.182. The Morgan fingerprint density at radius 2 is 2.11 bits per heavy atom. The highest BCUT2D eigenvalue weighted by atomic mass is 35.5. The average Bonchev–Trinajstić information content (AvgIpc) is 2.71. The summed E-state index contributed by atoms with van der Waals surface area (Å²) < 4.78 is 1.39. The van der Waals surface area contributed by atoms with Crippen molar-refractivity contribution in [1.29, 1.82) is 0 Å². The summed E-state index contributed by atoms with van der Waals surface area (Å²) in [4.78, 5) is 22.1. The molecule has 0 spiro atoms. The lowest BCUT2D eigenvalue weighted by Crippen LogP contribution is -2.18. The number of nitrogens with one attached hydrogen (secondary N) is 1. The van der Waals surface area contributed by atoms with E-state index in [4.69, 9.17) is 16.7 Å². The van der Waals surface area contributed by atoms with E-state index in [0.717, 1.165) is 17.3 Å². The van der Waals surface area contributed by atoms with Gasteiger partial charge in [0.15, 0.2) is 5.16 Å². The monoisotopic (exact) mass is 299 g/mol. The SMILES string of the molecule is O=C(O)CSc1n[nH]c(=O)n1Cc1ccc(Cl)cc1. The number of carboxylic acids is 1. The number of rotatable bonds is 5. The zero-order chi connectivity index (χ0) is 13.8. The molecule has 0 aliphatic rings. The van der Waals surface area contributed by atoms with Crippen molar-refractivity contribution in [2.75, 3.05) is 5.75 Å². The van der Waals surface area contributed by atoms with Gasteiger partial charge >= 0.3 is 11.7 Å². The minimum absolute atomic E-state index is 0.148. The number of carboxylic acid groups (broad SMARTS) is 1. The Morgan fingerprint density at radius 1 is 1.42 bits per heavy atom. The summed E-state index contributed by atoms with van der Waals surface area (Å²) in [5, 5.41) is 15.7. The molecule has 0 radical (unpaired) electrons. The van der Waals surface area contributed by atoms with Gasteiger partial charge in [0.25, 0.3) is 0 Å². The number of aromatic amines is 1. The third-order valence-electron chi connectivity index (χ3n) is 2.30. The maximum atomic E-state index is 11.6. The fourth-order valence-electron chi connectivity index (χ4n) is 1.45. The summed E-state index contributed by atoms with van der Waals surface area (Å²) in [5.41, 5.74) is 0.507. The lowest BCUT2D eigenvalue weighted by molar-refractivity contribution is -0.133. The lowest BCUT2D eigenvalue weighted by atomic mass is 10.2. The zero-order valence-electron chi connectivity index (χ0n) is 9.67. The Labute approximate surface area is 117 Å². The van der Waals surface area contributed by atoms with Gasteiger partial charge in [0.05, 0.1) is 12.3 Å². The number of carbonyl (C=O) groups is 1. The van der Waals surface area contributed by atoms with Crippen molar-refractivity contribution >= 4 is 29.3 Å². The molecule has 0 unspecified atom stereocenters. The number of aliphatic carboxylic acids is 1. The summed E-state index contributed by atoms with van der Waals surface area (Å²) in [7, 11) is 0. The summed E-state index contributed by atoms with van der Waals surface area (Å²) in [6, 6.07) is 7.05. The first-order chi connectivity index (χ1) is 9.06. The normalized spacial score (nSPS) is 10.6. The second-order valence-electron chi connectivity index (χ2n) is 3.71. The molecule has 2 N–H and O–H groups in total. The van der Waals surface area contributed by atoms with Crippen LogP contribution in [0.1, 0.15) is 5.56 Å². The third-order valence-corrected chi connectivity index (χ3v) is 3.52. The largest absolute Gasteiger partial charge is 0.481 e. The molecule has 8 heteroatoms. The number of H-pyrrole nitrogens is 1. The topological polar surface area (TPSA) is 88.0 Å². The Bertz CT molecular complexity index is 635. The molecule has 1 aromatic heterocycles. The Balaban J connectivity index is 2.19. The quantitative estimate of drug-likeness (QED) is 0.816. The van der Waals surface area contributed by atoms with Crippen LogP contribution < -0.4 is 5.69 Å². The van der Waals surface area contributed by atoms with Crippen molar-refractivity contribution in [3.63, 3.8) is 0 Å². The average molecular weight is 300 g/mol. The van der Waals surface area contributed by atoms with Crippen LogP contribution in [-0.4, -0.2) is 31.6 Å². The molecular formula is C11H10ClN3O3S. The molecule has 0 fully saturated rings. The van der Waals surface area contributed by atoms with Gasteiger partial charge in [-0.05, 0) is 17.7 Å². The first-order valence-corrected chi connectivity index (χ1v) is 6.67. The molecule has 0 amide bonds. The summed E-state index contributed by atoms with van der Waals surface area (Å²) in [6.45, 7) is 0.314. The smallest absolute Gasteiger partial charge is 0.344 e. The van der Waals surface area contributed by atoms with Gasteiger partial charge in [-0.25, -0.2) is 9.89 Å². The molecule has 0 aliphatic carbocycles. The van der Waals surface area contributed by atoms with E-state index in [1.807, 2.05) is 0 Å². The molecule has 0 aliphatic heterocycles. The third kappa shape index (κ3) is 3.62. The number of nitrogens with zero attached hydrogens (tertiary/aromatic N) is 2. The van der Waals surface area contributed by atoms with Crippen molar-refractivity contribution in [3.05, 3.63) is 45.3 Å². The summed E-state index contributed by atoms with van der Waals surface area (Å²) >= 11 is 6.78. The van der Waals surface area contributed by atoms with Gasteiger partial charge in [0, 0.05) is 5.02 Å².